The van der Waals surface area contributed by atoms with Gasteiger partial charge >= 0.3 is 5.97 Å². The maximum atomic E-state index is 11.8. The number of carboxylic acid groups (broad SMARTS) is 1. The largest absolute Gasteiger partial charge is 0.481 e. The number of hydrogen-bond acceptors (Lipinski definition) is 4. The quantitative estimate of drug-likeness (QED) is 0.754. The molecule has 6 heteroatoms. The highest BCUT2D eigenvalue weighted by molar-refractivity contribution is 7.12. The maximum absolute atomic E-state index is 11.8. The number of rotatable bonds is 5. The van der Waals surface area contributed by atoms with Crippen molar-refractivity contribution in [3.8, 4) is 0 Å². The lowest BCUT2D eigenvalue weighted by Gasteiger charge is -2.21. The summed E-state index contributed by atoms with van der Waals surface area (Å²) in [5.74, 6) is -1.39. The minimum Gasteiger partial charge on any atom is -0.481 e. The Kier molecular flexibility index (Phi) is 4.48. The molecule has 1 atom stereocenters. The fourth-order valence-corrected chi connectivity index (χ4v) is 2.53. The second-order valence-electron chi connectivity index (χ2n) is 4.58. The monoisotopic (exact) mass is 271 g/mol. The van der Waals surface area contributed by atoms with Crippen LogP contribution in [0.3, 0.4) is 0 Å². The van der Waals surface area contributed by atoms with E-state index in [4.69, 9.17) is 5.11 Å². The Balaban J connectivity index is 2.61. The predicted octanol–water partition coefficient (Wildman–Crippen LogP) is 1.32. The van der Waals surface area contributed by atoms with Crippen molar-refractivity contribution in [3.63, 3.8) is 0 Å². The number of carbonyl (C=O) groups is 2. The Labute approximate surface area is 109 Å². The van der Waals surface area contributed by atoms with E-state index in [1.54, 1.807) is 6.07 Å². The van der Waals surface area contributed by atoms with Gasteiger partial charge in [0, 0.05) is 16.3 Å². The normalized spacial score (nSPS) is 14.0. The summed E-state index contributed by atoms with van der Waals surface area (Å²) >= 11 is 1.52. The third-order valence-corrected chi connectivity index (χ3v) is 3.41. The zero-order valence-electron chi connectivity index (χ0n) is 10.6. The number of hydrogen-bond donors (Lipinski definition) is 3. The third-order valence-electron chi connectivity index (χ3n) is 2.45. The average Bonchev–Trinajstić information content (AvgIpc) is 2.52. The van der Waals surface area contributed by atoms with E-state index in [1.807, 2.05) is 13.8 Å². The lowest BCUT2D eigenvalue weighted by molar-refractivity contribution is -0.141. The van der Waals surface area contributed by atoms with Gasteiger partial charge < -0.3 is 15.5 Å². The molecule has 0 spiro atoms. The number of nitrogens with one attached hydrogen (secondary N) is 1. The zero-order chi connectivity index (χ0) is 13.9. The van der Waals surface area contributed by atoms with Gasteiger partial charge in [0.2, 0.25) is 0 Å². The molecule has 18 heavy (non-hydrogen) atoms. The summed E-state index contributed by atoms with van der Waals surface area (Å²) < 4.78 is 0. The van der Waals surface area contributed by atoms with Gasteiger partial charge in [-0.1, -0.05) is 0 Å². The molecule has 1 rings (SSSR count). The summed E-state index contributed by atoms with van der Waals surface area (Å²) in [6, 6.07) is 1.78. The van der Waals surface area contributed by atoms with Crippen molar-refractivity contribution in [2.24, 2.45) is 0 Å². The minimum absolute atomic E-state index is 0.0908. The summed E-state index contributed by atoms with van der Waals surface area (Å²) in [6.45, 7) is 5.05. The molecule has 1 aromatic rings. The van der Waals surface area contributed by atoms with Gasteiger partial charge in [0.1, 0.15) is 0 Å². The molecule has 0 saturated heterocycles. The molecule has 1 heterocycles. The van der Waals surface area contributed by atoms with Gasteiger partial charge in [-0.25, -0.2) is 0 Å². The lowest BCUT2D eigenvalue weighted by atomic mass is 10.0. The highest BCUT2D eigenvalue weighted by Crippen LogP contribution is 2.20. The van der Waals surface area contributed by atoms with Gasteiger partial charge in [-0.2, -0.15) is 0 Å². The number of aliphatic hydroxyl groups is 1. The van der Waals surface area contributed by atoms with Crippen LogP contribution in [0.4, 0.5) is 0 Å². The SMILES string of the molecule is Cc1cc(C(=O)NCC(C)(O)CC(=O)O)c(C)s1. The first-order chi connectivity index (χ1) is 8.21. The molecule has 0 bridgehead atoms. The molecule has 1 aromatic heterocycles. The van der Waals surface area contributed by atoms with Crippen molar-refractivity contribution < 1.29 is 19.8 Å². The molecule has 0 aliphatic heterocycles. The van der Waals surface area contributed by atoms with Crippen LogP contribution in [-0.4, -0.2) is 34.2 Å². The third kappa shape index (κ3) is 4.12. The number of thiophene rings is 1. The van der Waals surface area contributed by atoms with Crippen LogP contribution in [0.25, 0.3) is 0 Å². The van der Waals surface area contributed by atoms with Crippen LogP contribution in [0.15, 0.2) is 6.07 Å². The second kappa shape index (κ2) is 5.49. The maximum Gasteiger partial charge on any atom is 0.306 e. The van der Waals surface area contributed by atoms with Crippen LogP contribution >= 0.6 is 11.3 Å². The van der Waals surface area contributed by atoms with E-state index >= 15 is 0 Å². The molecular weight excluding hydrogens is 254 g/mol. The molecule has 0 radical (unpaired) electrons. The smallest absolute Gasteiger partial charge is 0.306 e. The standard InChI is InChI=1S/C12H17NO4S/c1-7-4-9(8(2)18-7)11(16)13-6-12(3,17)5-10(14)15/h4,17H,5-6H2,1-3H3,(H,13,16)(H,14,15). The van der Waals surface area contributed by atoms with Crippen LogP contribution in [0.2, 0.25) is 0 Å². The fraction of sp³-hybridized carbons (Fsp3) is 0.500. The molecule has 1 unspecified atom stereocenters. The number of carbonyl (C=O) groups excluding carboxylic acids is 1. The lowest BCUT2D eigenvalue weighted by Crippen LogP contribution is -2.42. The molecule has 3 N–H and O–H groups in total. The van der Waals surface area contributed by atoms with Crippen LogP contribution in [-0.2, 0) is 4.79 Å². The Hall–Kier alpha value is -1.40. The summed E-state index contributed by atoms with van der Waals surface area (Å²) in [5.41, 5.74) is -0.871. The van der Waals surface area contributed by atoms with Crippen LogP contribution in [0, 0.1) is 13.8 Å². The first kappa shape index (κ1) is 14.7. The molecule has 0 saturated carbocycles. The fourth-order valence-electron chi connectivity index (χ4n) is 1.61. The summed E-state index contributed by atoms with van der Waals surface area (Å²) in [4.78, 5) is 24.3. The highest BCUT2D eigenvalue weighted by Gasteiger charge is 2.25. The van der Waals surface area contributed by atoms with Crippen molar-refractivity contribution in [1.29, 1.82) is 0 Å². The Morgan fingerprint density at radius 3 is 2.50 bits per heavy atom. The van der Waals surface area contributed by atoms with Gasteiger partial charge in [-0.15, -0.1) is 11.3 Å². The first-order valence-corrected chi connectivity index (χ1v) is 6.32. The van der Waals surface area contributed by atoms with Crippen molar-refractivity contribution in [1.82, 2.24) is 5.32 Å². The number of aliphatic carboxylic acids is 1. The van der Waals surface area contributed by atoms with Crippen LogP contribution in [0.5, 0.6) is 0 Å². The Bertz CT molecular complexity index is 465. The highest BCUT2D eigenvalue weighted by atomic mass is 32.1. The second-order valence-corrected chi connectivity index (χ2v) is 6.04. The van der Waals surface area contributed by atoms with Crippen molar-refractivity contribution >= 4 is 23.2 Å². The number of aryl methyl sites for hydroxylation is 2. The molecule has 0 fully saturated rings. The number of amides is 1. The summed E-state index contributed by atoms with van der Waals surface area (Å²) in [7, 11) is 0. The van der Waals surface area contributed by atoms with Crippen LogP contribution < -0.4 is 5.32 Å². The number of carboxylic acids is 1. The van der Waals surface area contributed by atoms with Gasteiger partial charge in [-0.3, -0.25) is 9.59 Å². The van der Waals surface area contributed by atoms with Crippen molar-refractivity contribution in [3.05, 3.63) is 21.4 Å². The molecule has 1 amide bonds. The summed E-state index contributed by atoms with van der Waals surface area (Å²) in [5, 5.41) is 20.9. The van der Waals surface area contributed by atoms with Gasteiger partial charge in [0.25, 0.3) is 5.91 Å². The van der Waals surface area contributed by atoms with E-state index in [-0.39, 0.29) is 12.5 Å². The van der Waals surface area contributed by atoms with Gasteiger partial charge in [-0.05, 0) is 26.8 Å². The van der Waals surface area contributed by atoms with E-state index in [1.165, 1.54) is 18.3 Å². The molecule has 0 aliphatic carbocycles. The van der Waals surface area contributed by atoms with Crippen molar-refractivity contribution in [2.75, 3.05) is 6.54 Å². The Morgan fingerprint density at radius 2 is 2.06 bits per heavy atom. The van der Waals surface area contributed by atoms with E-state index < -0.39 is 18.0 Å². The minimum atomic E-state index is -1.44. The topological polar surface area (TPSA) is 86.6 Å². The van der Waals surface area contributed by atoms with Crippen molar-refractivity contribution in [2.45, 2.75) is 32.8 Å². The van der Waals surface area contributed by atoms with Gasteiger partial charge in [0.05, 0.1) is 17.6 Å². The van der Waals surface area contributed by atoms with Crippen LogP contribution in [0.1, 0.15) is 33.5 Å². The molecule has 5 nitrogen and oxygen atoms in total. The predicted molar refractivity (Wildman–Crippen MR) is 69.0 cm³/mol. The zero-order valence-corrected chi connectivity index (χ0v) is 11.4. The average molecular weight is 271 g/mol. The molecule has 0 aromatic carbocycles. The van der Waals surface area contributed by atoms with Gasteiger partial charge in [0.15, 0.2) is 0 Å². The molecular formula is C12H17NO4S. The molecule has 0 aliphatic rings. The van der Waals surface area contributed by atoms with E-state index in [9.17, 15) is 14.7 Å². The van der Waals surface area contributed by atoms with E-state index in [0.717, 1.165) is 9.75 Å². The first-order valence-electron chi connectivity index (χ1n) is 5.51. The van der Waals surface area contributed by atoms with E-state index in [0.29, 0.717) is 5.56 Å². The summed E-state index contributed by atoms with van der Waals surface area (Å²) in [6.07, 6.45) is -0.408. The Morgan fingerprint density at radius 1 is 1.44 bits per heavy atom. The van der Waals surface area contributed by atoms with E-state index in [2.05, 4.69) is 5.32 Å². The molecule has 100 valence electrons.